The van der Waals surface area contributed by atoms with E-state index in [2.05, 4.69) is 47.4 Å². The smallest absolute Gasteiger partial charge is 0.222 e. The van der Waals surface area contributed by atoms with Gasteiger partial charge in [0.05, 0.1) is 29.1 Å². The van der Waals surface area contributed by atoms with Gasteiger partial charge in [-0.25, -0.2) is 15.0 Å². The number of imidazole rings is 1. The van der Waals surface area contributed by atoms with Crippen LogP contribution in [0.2, 0.25) is 0 Å². The molecule has 29 heavy (non-hydrogen) atoms. The van der Waals surface area contributed by atoms with E-state index >= 15 is 0 Å². The van der Waals surface area contributed by atoms with Crippen molar-refractivity contribution in [1.82, 2.24) is 30.2 Å². The number of nitrogens with one attached hydrogen (secondary N) is 4. The predicted molar refractivity (Wildman–Crippen MR) is 115 cm³/mol. The Kier molecular flexibility index (Phi) is 5.33. The van der Waals surface area contributed by atoms with E-state index in [1.807, 2.05) is 43.3 Å². The van der Waals surface area contributed by atoms with Gasteiger partial charge in [0.15, 0.2) is 0 Å². The molecule has 0 atom stereocenters. The van der Waals surface area contributed by atoms with E-state index in [0.29, 0.717) is 24.3 Å². The lowest BCUT2D eigenvalue weighted by Crippen LogP contribution is -2.18. The SMILES string of the molecule is C=C(NCC)Nc1nc2ccc(-c3cnc(NCc4ccccn4)nc3)cc2[nH]1. The van der Waals surface area contributed by atoms with Crippen molar-refractivity contribution in [3.63, 3.8) is 0 Å². The van der Waals surface area contributed by atoms with Gasteiger partial charge in [0, 0.05) is 30.7 Å². The highest BCUT2D eigenvalue weighted by Gasteiger charge is 2.07. The van der Waals surface area contributed by atoms with Crippen LogP contribution in [-0.2, 0) is 6.54 Å². The van der Waals surface area contributed by atoms with Crippen molar-refractivity contribution in [1.29, 1.82) is 0 Å². The van der Waals surface area contributed by atoms with Crippen LogP contribution < -0.4 is 16.0 Å². The van der Waals surface area contributed by atoms with Gasteiger partial charge in [0.1, 0.15) is 0 Å². The summed E-state index contributed by atoms with van der Waals surface area (Å²) in [5, 5.41) is 9.40. The van der Waals surface area contributed by atoms with E-state index in [9.17, 15) is 0 Å². The number of pyridine rings is 1. The van der Waals surface area contributed by atoms with Crippen molar-refractivity contribution in [2.24, 2.45) is 0 Å². The first kappa shape index (κ1) is 18.4. The zero-order valence-electron chi connectivity index (χ0n) is 16.1. The summed E-state index contributed by atoms with van der Waals surface area (Å²) in [7, 11) is 0. The third kappa shape index (κ3) is 4.49. The van der Waals surface area contributed by atoms with E-state index in [1.54, 1.807) is 18.6 Å². The van der Waals surface area contributed by atoms with Crippen molar-refractivity contribution < 1.29 is 0 Å². The predicted octanol–water partition coefficient (Wildman–Crippen LogP) is 3.52. The molecule has 0 unspecified atom stereocenters. The normalized spacial score (nSPS) is 10.7. The number of fused-ring (bicyclic) bond motifs is 1. The molecular formula is C21H22N8. The first-order valence-corrected chi connectivity index (χ1v) is 9.37. The molecule has 0 bridgehead atoms. The molecule has 3 aromatic heterocycles. The highest BCUT2D eigenvalue weighted by molar-refractivity contribution is 5.83. The summed E-state index contributed by atoms with van der Waals surface area (Å²) in [6.07, 6.45) is 5.37. The summed E-state index contributed by atoms with van der Waals surface area (Å²) in [6, 6.07) is 11.8. The van der Waals surface area contributed by atoms with E-state index in [-0.39, 0.29) is 0 Å². The average molecular weight is 386 g/mol. The van der Waals surface area contributed by atoms with Gasteiger partial charge < -0.3 is 20.9 Å². The number of hydrogen-bond donors (Lipinski definition) is 4. The molecule has 0 saturated heterocycles. The molecule has 4 N–H and O–H groups in total. The molecule has 0 aliphatic rings. The fraction of sp³-hybridized carbons (Fsp3) is 0.143. The molecule has 0 spiro atoms. The fourth-order valence-corrected chi connectivity index (χ4v) is 2.89. The minimum Gasteiger partial charge on any atom is -0.372 e. The van der Waals surface area contributed by atoms with Crippen LogP contribution in [0.25, 0.3) is 22.2 Å². The molecule has 0 radical (unpaired) electrons. The monoisotopic (exact) mass is 386 g/mol. The van der Waals surface area contributed by atoms with Gasteiger partial charge in [-0.05, 0) is 36.8 Å². The molecule has 4 rings (SSSR count). The Morgan fingerprint density at radius 1 is 1.07 bits per heavy atom. The summed E-state index contributed by atoms with van der Waals surface area (Å²) < 4.78 is 0. The van der Waals surface area contributed by atoms with Gasteiger partial charge in [-0.1, -0.05) is 18.7 Å². The van der Waals surface area contributed by atoms with E-state index in [1.165, 1.54) is 0 Å². The quantitative estimate of drug-likeness (QED) is 0.367. The van der Waals surface area contributed by atoms with Gasteiger partial charge >= 0.3 is 0 Å². The van der Waals surface area contributed by atoms with Crippen LogP contribution in [0.5, 0.6) is 0 Å². The number of hydrogen-bond acceptors (Lipinski definition) is 7. The maximum Gasteiger partial charge on any atom is 0.222 e. The minimum absolute atomic E-state index is 0.565. The fourth-order valence-electron chi connectivity index (χ4n) is 2.89. The van der Waals surface area contributed by atoms with Crippen molar-refractivity contribution >= 4 is 22.9 Å². The summed E-state index contributed by atoms with van der Waals surface area (Å²) in [5.41, 5.74) is 4.67. The van der Waals surface area contributed by atoms with Crippen LogP contribution >= 0.6 is 0 Å². The first-order valence-electron chi connectivity index (χ1n) is 9.37. The second-order valence-corrected chi connectivity index (χ2v) is 6.42. The Bertz CT molecular complexity index is 1100. The van der Waals surface area contributed by atoms with E-state index in [0.717, 1.165) is 34.4 Å². The lowest BCUT2D eigenvalue weighted by molar-refractivity contribution is 0.860. The third-order valence-corrected chi connectivity index (χ3v) is 4.28. The zero-order valence-corrected chi connectivity index (χ0v) is 16.1. The highest BCUT2D eigenvalue weighted by atomic mass is 15.2. The molecule has 0 saturated carbocycles. The molecule has 8 nitrogen and oxygen atoms in total. The summed E-state index contributed by atoms with van der Waals surface area (Å²) >= 11 is 0. The molecule has 0 amide bonds. The molecular weight excluding hydrogens is 364 g/mol. The Hall–Kier alpha value is -3.94. The van der Waals surface area contributed by atoms with E-state index in [4.69, 9.17) is 0 Å². The number of benzene rings is 1. The van der Waals surface area contributed by atoms with Crippen molar-refractivity contribution in [2.75, 3.05) is 17.2 Å². The Morgan fingerprint density at radius 3 is 2.69 bits per heavy atom. The second kappa shape index (κ2) is 8.39. The van der Waals surface area contributed by atoms with Crippen molar-refractivity contribution in [3.05, 3.63) is 73.1 Å². The van der Waals surface area contributed by atoms with Gasteiger partial charge in [-0.15, -0.1) is 0 Å². The lowest BCUT2D eigenvalue weighted by atomic mass is 10.1. The van der Waals surface area contributed by atoms with E-state index < -0.39 is 0 Å². The molecule has 8 heteroatoms. The van der Waals surface area contributed by atoms with Crippen LogP contribution in [0.3, 0.4) is 0 Å². The minimum atomic E-state index is 0.565. The van der Waals surface area contributed by atoms with Crippen LogP contribution in [0, 0.1) is 0 Å². The molecule has 4 aromatic rings. The topological polar surface area (TPSA) is 103 Å². The second-order valence-electron chi connectivity index (χ2n) is 6.42. The van der Waals surface area contributed by atoms with Crippen LogP contribution in [0.15, 0.2) is 67.4 Å². The first-order chi connectivity index (χ1) is 14.2. The lowest BCUT2D eigenvalue weighted by Gasteiger charge is -2.06. The van der Waals surface area contributed by atoms with Gasteiger partial charge in [-0.3, -0.25) is 4.98 Å². The van der Waals surface area contributed by atoms with Crippen molar-refractivity contribution in [3.8, 4) is 11.1 Å². The van der Waals surface area contributed by atoms with Crippen LogP contribution in [0.1, 0.15) is 12.6 Å². The number of rotatable bonds is 8. The van der Waals surface area contributed by atoms with Gasteiger partial charge in [0.25, 0.3) is 0 Å². The zero-order chi connectivity index (χ0) is 20.1. The number of anilines is 2. The third-order valence-electron chi connectivity index (χ3n) is 4.28. The van der Waals surface area contributed by atoms with Crippen molar-refractivity contribution in [2.45, 2.75) is 13.5 Å². The summed E-state index contributed by atoms with van der Waals surface area (Å²) in [6.45, 7) is 7.29. The molecule has 0 aliphatic carbocycles. The summed E-state index contributed by atoms with van der Waals surface area (Å²) in [5.74, 6) is 1.91. The molecule has 0 fully saturated rings. The standard InChI is InChI=1S/C21H22N8/c1-3-22-14(2)27-21-28-18-8-7-15(10-19(18)29-21)16-11-24-20(25-12-16)26-13-17-6-4-5-9-23-17/h4-12,22H,2-3,13H2,1H3,(H,24,25,26)(H2,27,28,29). The number of H-pyrrole nitrogens is 1. The number of aromatic nitrogens is 5. The average Bonchev–Trinajstić information content (AvgIpc) is 3.15. The molecule has 1 aromatic carbocycles. The maximum atomic E-state index is 4.52. The molecule has 0 aliphatic heterocycles. The Labute approximate surface area is 168 Å². The van der Waals surface area contributed by atoms with Crippen LogP contribution in [-0.4, -0.2) is 31.5 Å². The highest BCUT2D eigenvalue weighted by Crippen LogP contribution is 2.24. The Morgan fingerprint density at radius 2 is 1.93 bits per heavy atom. The van der Waals surface area contributed by atoms with Gasteiger partial charge in [-0.2, -0.15) is 0 Å². The Balaban J connectivity index is 1.46. The number of aromatic amines is 1. The number of nitrogens with zero attached hydrogens (tertiary/aromatic N) is 4. The molecule has 146 valence electrons. The summed E-state index contributed by atoms with van der Waals surface area (Å²) in [4.78, 5) is 20.9. The van der Waals surface area contributed by atoms with Gasteiger partial charge in [0.2, 0.25) is 11.9 Å². The largest absolute Gasteiger partial charge is 0.372 e. The van der Waals surface area contributed by atoms with Crippen LogP contribution in [0.4, 0.5) is 11.9 Å². The molecule has 3 heterocycles. The maximum absolute atomic E-state index is 4.52.